The number of hydrogen-bond acceptors (Lipinski definition) is 2. The molecular weight excluding hydrogens is 305 g/mol. The molecule has 0 aliphatic heterocycles. The molecule has 0 saturated carbocycles. The van der Waals surface area contributed by atoms with Gasteiger partial charge in [-0.3, -0.25) is 0 Å². The first kappa shape index (κ1) is 8.59. The number of thiophene rings is 1. The molecule has 4 heteroatoms. The molecule has 1 nitrogen and oxygen atoms in total. The zero-order valence-electron chi connectivity index (χ0n) is 5.97. The van der Waals surface area contributed by atoms with Crippen molar-refractivity contribution in [2.45, 2.75) is 0 Å². The lowest BCUT2D eigenvalue weighted by molar-refractivity contribution is 1.78. The van der Waals surface area contributed by atoms with Gasteiger partial charge in [-0.15, -0.1) is 11.3 Å². The fourth-order valence-electron chi connectivity index (χ4n) is 1.06. The molecule has 0 unspecified atom stereocenters. The maximum absolute atomic E-state index is 5.96. The second-order valence-electron chi connectivity index (χ2n) is 2.43. The molecule has 1 aromatic carbocycles. The summed E-state index contributed by atoms with van der Waals surface area (Å²) in [5, 5.41) is 2.81. The van der Waals surface area contributed by atoms with E-state index in [0.29, 0.717) is 0 Å². The van der Waals surface area contributed by atoms with E-state index < -0.39 is 0 Å². The van der Waals surface area contributed by atoms with Crippen molar-refractivity contribution in [3.05, 3.63) is 26.8 Å². The molecule has 2 aromatic rings. The van der Waals surface area contributed by atoms with Gasteiger partial charge in [-0.25, -0.2) is 0 Å². The first-order valence-electron chi connectivity index (χ1n) is 3.31. The minimum absolute atomic E-state index is 0.796. The molecule has 12 heavy (non-hydrogen) atoms. The van der Waals surface area contributed by atoms with Crippen LogP contribution in [0.25, 0.3) is 10.1 Å². The topological polar surface area (TPSA) is 26.0 Å². The lowest BCUT2D eigenvalue weighted by atomic mass is 10.3. The smallest absolute Gasteiger partial charge is 0.0869 e. The van der Waals surface area contributed by atoms with Crippen molar-refractivity contribution in [3.8, 4) is 0 Å². The van der Waals surface area contributed by atoms with Crippen LogP contribution in [0.5, 0.6) is 0 Å². The fourth-order valence-corrected chi connectivity index (χ4v) is 2.97. The van der Waals surface area contributed by atoms with Crippen LogP contribution in [-0.2, 0) is 0 Å². The number of nitrogen functional groups attached to an aromatic ring is 1. The summed E-state index contributed by atoms with van der Waals surface area (Å²) in [6, 6.07) is 5.86. The molecule has 0 spiro atoms. The Kier molecular flexibility index (Phi) is 2.18. The quantitative estimate of drug-likeness (QED) is 0.737. The van der Waals surface area contributed by atoms with Crippen molar-refractivity contribution in [2.24, 2.45) is 0 Å². The number of fused-ring (bicyclic) bond motifs is 1. The Bertz CT molecular complexity index is 438. The predicted octanol–water partition coefficient (Wildman–Crippen LogP) is 3.74. The molecule has 0 fully saturated rings. The number of benzene rings is 1. The molecule has 0 bridgehead atoms. The second-order valence-corrected chi connectivity index (χ2v) is 5.00. The second kappa shape index (κ2) is 3.05. The van der Waals surface area contributed by atoms with Crippen LogP contribution in [0.15, 0.2) is 18.2 Å². The summed E-state index contributed by atoms with van der Waals surface area (Å²) in [4.78, 5) is 0. The first-order chi connectivity index (χ1) is 5.68. The minimum atomic E-state index is 0.796. The van der Waals surface area contributed by atoms with E-state index in [1.807, 2.05) is 18.2 Å². The van der Waals surface area contributed by atoms with E-state index in [2.05, 4.69) is 22.6 Å². The average molecular weight is 310 g/mol. The summed E-state index contributed by atoms with van der Waals surface area (Å²) in [5.41, 5.74) is 5.68. The third-order valence-corrected chi connectivity index (χ3v) is 4.72. The van der Waals surface area contributed by atoms with Crippen molar-refractivity contribution in [1.29, 1.82) is 0 Å². The monoisotopic (exact) mass is 309 g/mol. The SMILES string of the molecule is Nc1cc2ccc(Cl)c(I)c2s1. The summed E-state index contributed by atoms with van der Waals surface area (Å²) in [6.45, 7) is 0. The van der Waals surface area contributed by atoms with E-state index in [-0.39, 0.29) is 0 Å². The molecule has 1 aromatic heterocycles. The molecular formula is C8H5ClINS. The van der Waals surface area contributed by atoms with E-state index in [1.54, 1.807) is 11.3 Å². The van der Waals surface area contributed by atoms with Gasteiger partial charge in [0.15, 0.2) is 0 Å². The maximum Gasteiger partial charge on any atom is 0.0869 e. The number of anilines is 1. The Morgan fingerprint density at radius 3 is 2.92 bits per heavy atom. The van der Waals surface area contributed by atoms with Gasteiger partial charge in [-0.2, -0.15) is 0 Å². The molecule has 0 radical (unpaired) electrons. The van der Waals surface area contributed by atoms with E-state index in [4.69, 9.17) is 17.3 Å². The standard InChI is InChI=1S/C8H5ClINS/c9-5-2-1-4-3-6(11)12-8(4)7(5)10/h1-3H,11H2. The van der Waals surface area contributed by atoms with Crippen LogP contribution in [0, 0.1) is 3.57 Å². The third kappa shape index (κ3) is 1.30. The minimum Gasteiger partial charge on any atom is -0.391 e. The Labute approximate surface area is 92.7 Å². The highest BCUT2D eigenvalue weighted by atomic mass is 127. The highest BCUT2D eigenvalue weighted by Gasteiger charge is 2.05. The number of hydrogen-bond donors (Lipinski definition) is 1. The van der Waals surface area contributed by atoms with Crippen molar-refractivity contribution in [1.82, 2.24) is 0 Å². The Morgan fingerprint density at radius 2 is 2.17 bits per heavy atom. The Balaban J connectivity index is 2.89. The van der Waals surface area contributed by atoms with Gasteiger partial charge >= 0.3 is 0 Å². The highest BCUT2D eigenvalue weighted by Crippen LogP contribution is 2.34. The van der Waals surface area contributed by atoms with Crippen LogP contribution in [0.2, 0.25) is 5.02 Å². The fraction of sp³-hybridized carbons (Fsp3) is 0. The van der Waals surface area contributed by atoms with Crippen LogP contribution < -0.4 is 5.73 Å². The van der Waals surface area contributed by atoms with Gasteiger partial charge in [0.2, 0.25) is 0 Å². The van der Waals surface area contributed by atoms with Gasteiger partial charge < -0.3 is 5.73 Å². The van der Waals surface area contributed by atoms with E-state index in [9.17, 15) is 0 Å². The Morgan fingerprint density at radius 1 is 1.42 bits per heavy atom. The number of rotatable bonds is 0. The van der Waals surface area contributed by atoms with Crippen LogP contribution in [0.4, 0.5) is 5.00 Å². The van der Waals surface area contributed by atoms with Crippen LogP contribution in [0.1, 0.15) is 0 Å². The molecule has 2 rings (SSSR count). The van der Waals surface area contributed by atoms with Gasteiger partial charge in [0.1, 0.15) is 0 Å². The molecule has 0 saturated heterocycles. The lowest BCUT2D eigenvalue weighted by Crippen LogP contribution is -1.72. The summed E-state index contributed by atoms with van der Waals surface area (Å²) < 4.78 is 2.27. The van der Waals surface area contributed by atoms with E-state index in [1.165, 1.54) is 10.1 Å². The summed E-state index contributed by atoms with van der Waals surface area (Å²) in [5.74, 6) is 0. The van der Waals surface area contributed by atoms with Crippen molar-refractivity contribution in [3.63, 3.8) is 0 Å². The summed E-state index contributed by atoms with van der Waals surface area (Å²) >= 11 is 9.77. The molecule has 0 aliphatic carbocycles. The number of halogens is 2. The summed E-state index contributed by atoms with van der Waals surface area (Å²) in [6.07, 6.45) is 0. The van der Waals surface area contributed by atoms with Crippen LogP contribution in [-0.4, -0.2) is 0 Å². The van der Waals surface area contributed by atoms with Crippen LogP contribution in [0.3, 0.4) is 0 Å². The number of nitrogens with two attached hydrogens (primary N) is 1. The normalized spacial score (nSPS) is 10.8. The van der Waals surface area contributed by atoms with Crippen molar-refractivity contribution in [2.75, 3.05) is 5.73 Å². The first-order valence-corrected chi connectivity index (χ1v) is 5.59. The van der Waals surface area contributed by atoms with Gasteiger partial charge in [0.25, 0.3) is 0 Å². The molecule has 62 valence electrons. The maximum atomic E-state index is 5.96. The van der Waals surface area contributed by atoms with E-state index in [0.717, 1.165) is 13.6 Å². The molecule has 2 N–H and O–H groups in total. The van der Waals surface area contributed by atoms with Crippen molar-refractivity contribution >= 4 is 60.6 Å². The molecule has 0 atom stereocenters. The van der Waals surface area contributed by atoms with Gasteiger partial charge in [0.05, 0.1) is 14.7 Å². The van der Waals surface area contributed by atoms with Crippen LogP contribution >= 0.6 is 45.5 Å². The van der Waals surface area contributed by atoms with Gasteiger partial charge in [-0.05, 0) is 40.1 Å². The molecule has 0 aliphatic rings. The lowest BCUT2D eigenvalue weighted by Gasteiger charge is -1.95. The van der Waals surface area contributed by atoms with Gasteiger partial charge in [-0.1, -0.05) is 17.7 Å². The van der Waals surface area contributed by atoms with Crippen molar-refractivity contribution < 1.29 is 0 Å². The van der Waals surface area contributed by atoms with E-state index >= 15 is 0 Å². The molecule has 0 amide bonds. The van der Waals surface area contributed by atoms with Gasteiger partial charge in [0, 0.05) is 3.57 Å². The average Bonchev–Trinajstić information content (AvgIpc) is 2.39. The highest BCUT2D eigenvalue weighted by molar-refractivity contribution is 14.1. The largest absolute Gasteiger partial charge is 0.391 e. The Hall–Kier alpha value is -0.000000000000000194. The molecule has 1 heterocycles. The zero-order chi connectivity index (χ0) is 8.72. The summed E-state index contributed by atoms with van der Waals surface area (Å²) in [7, 11) is 0. The predicted molar refractivity (Wildman–Crippen MR) is 64.0 cm³/mol. The third-order valence-electron chi connectivity index (χ3n) is 1.60. The zero-order valence-corrected chi connectivity index (χ0v) is 9.70.